The van der Waals surface area contributed by atoms with E-state index in [0.29, 0.717) is 11.0 Å². The Kier molecular flexibility index (Phi) is 8.27. The summed E-state index contributed by atoms with van der Waals surface area (Å²) in [4.78, 5) is 13.1. The monoisotopic (exact) mass is 414 g/mol. The highest BCUT2D eigenvalue weighted by Crippen LogP contribution is 2.24. The SMILES string of the molecule is OCCCCCCNc1nccc(NCCNc2ccnc3cc(Cl)ccc23)n1. The fourth-order valence-corrected chi connectivity index (χ4v) is 3.16. The van der Waals surface area contributed by atoms with Gasteiger partial charge in [0.1, 0.15) is 5.82 Å². The second-order valence-corrected chi connectivity index (χ2v) is 7.14. The molecule has 0 unspecified atom stereocenters. The van der Waals surface area contributed by atoms with E-state index in [1.165, 1.54) is 0 Å². The average Bonchev–Trinajstić information content (AvgIpc) is 2.74. The van der Waals surface area contributed by atoms with Crippen molar-refractivity contribution < 1.29 is 5.11 Å². The standard InChI is InChI=1S/C21H27ClN6O/c22-16-5-6-17-18(7-10-23-19(17)15-16)24-12-13-25-20-8-11-27-21(28-20)26-9-3-1-2-4-14-29/h5-8,10-11,15,29H,1-4,9,12-14H2,(H,23,24)(H2,25,26,27,28). The number of hydrogen-bond donors (Lipinski definition) is 4. The second kappa shape index (κ2) is 11.4. The number of anilines is 3. The van der Waals surface area contributed by atoms with Crippen molar-refractivity contribution >= 4 is 40.0 Å². The molecule has 0 fully saturated rings. The number of fused-ring (bicyclic) bond motifs is 1. The smallest absolute Gasteiger partial charge is 0.224 e. The Bertz CT molecular complexity index is 907. The minimum Gasteiger partial charge on any atom is -0.396 e. The number of aliphatic hydroxyl groups is 1. The number of rotatable bonds is 12. The van der Waals surface area contributed by atoms with Crippen molar-refractivity contribution in [1.82, 2.24) is 15.0 Å². The third-order valence-corrected chi connectivity index (χ3v) is 4.71. The number of aliphatic hydroxyl groups excluding tert-OH is 1. The van der Waals surface area contributed by atoms with Crippen LogP contribution in [0.1, 0.15) is 25.7 Å². The van der Waals surface area contributed by atoms with Gasteiger partial charge >= 0.3 is 0 Å². The van der Waals surface area contributed by atoms with Gasteiger partial charge in [-0.1, -0.05) is 24.4 Å². The van der Waals surface area contributed by atoms with Gasteiger partial charge in [-0.25, -0.2) is 4.98 Å². The Morgan fingerprint density at radius 2 is 1.66 bits per heavy atom. The van der Waals surface area contributed by atoms with Crippen molar-refractivity contribution in [2.45, 2.75) is 25.7 Å². The first-order chi connectivity index (χ1) is 14.3. The molecule has 1 aromatic carbocycles. The zero-order valence-corrected chi connectivity index (χ0v) is 17.1. The van der Waals surface area contributed by atoms with Crippen molar-refractivity contribution in [2.24, 2.45) is 0 Å². The Labute approximate surface area is 175 Å². The number of nitrogens with zero attached hydrogens (tertiary/aromatic N) is 3. The van der Waals surface area contributed by atoms with Crippen LogP contribution in [0.3, 0.4) is 0 Å². The van der Waals surface area contributed by atoms with Gasteiger partial charge in [-0.05, 0) is 43.2 Å². The first kappa shape index (κ1) is 21.1. The van der Waals surface area contributed by atoms with E-state index in [9.17, 15) is 0 Å². The molecule has 2 heterocycles. The molecule has 0 saturated heterocycles. The third kappa shape index (κ3) is 6.73. The lowest BCUT2D eigenvalue weighted by Gasteiger charge is -2.11. The molecule has 3 rings (SSSR count). The minimum atomic E-state index is 0.269. The number of aromatic nitrogens is 3. The fourth-order valence-electron chi connectivity index (χ4n) is 3.00. The third-order valence-electron chi connectivity index (χ3n) is 4.47. The van der Waals surface area contributed by atoms with Crippen LogP contribution in [-0.2, 0) is 0 Å². The molecule has 0 aliphatic heterocycles. The summed E-state index contributed by atoms with van der Waals surface area (Å²) in [5, 5.41) is 20.5. The van der Waals surface area contributed by atoms with Crippen molar-refractivity contribution in [2.75, 3.05) is 42.2 Å². The van der Waals surface area contributed by atoms with E-state index in [-0.39, 0.29) is 6.61 Å². The van der Waals surface area contributed by atoms with E-state index < -0.39 is 0 Å². The van der Waals surface area contributed by atoms with Crippen LogP contribution >= 0.6 is 11.6 Å². The molecule has 0 atom stereocenters. The molecule has 0 amide bonds. The number of halogens is 1. The molecule has 8 heteroatoms. The van der Waals surface area contributed by atoms with Gasteiger partial charge in [0.25, 0.3) is 0 Å². The van der Waals surface area contributed by atoms with Crippen LogP contribution in [0.15, 0.2) is 42.7 Å². The van der Waals surface area contributed by atoms with E-state index in [4.69, 9.17) is 16.7 Å². The van der Waals surface area contributed by atoms with Crippen LogP contribution in [0.5, 0.6) is 0 Å². The normalized spacial score (nSPS) is 10.8. The van der Waals surface area contributed by atoms with Crippen LogP contribution in [0.4, 0.5) is 17.5 Å². The van der Waals surface area contributed by atoms with Gasteiger partial charge in [-0.3, -0.25) is 4.98 Å². The average molecular weight is 415 g/mol. The van der Waals surface area contributed by atoms with Crippen LogP contribution in [0, 0.1) is 0 Å². The van der Waals surface area contributed by atoms with E-state index in [1.54, 1.807) is 12.4 Å². The molecule has 0 aliphatic rings. The number of unbranched alkanes of at least 4 members (excludes halogenated alkanes) is 3. The van der Waals surface area contributed by atoms with Gasteiger partial charge in [0.2, 0.25) is 5.95 Å². The first-order valence-electron chi connectivity index (χ1n) is 9.96. The van der Waals surface area contributed by atoms with E-state index in [2.05, 4.69) is 30.9 Å². The van der Waals surface area contributed by atoms with E-state index >= 15 is 0 Å². The lowest BCUT2D eigenvalue weighted by Crippen LogP contribution is -2.15. The van der Waals surface area contributed by atoms with Crippen molar-refractivity contribution in [1.29, 1.82) is 0 Å². The fraction of sp³-hybridized carbons (Fsp3) is 0.381. The number of pyridine rings is 1. The first-order valence-corrected chi connectivity index (χ1v) is 10.3. The van der Waals surface area contributed by atoms with E-state index in [1.807, 2.05) is 30.3 Å². The largest absolute Gasteiger partial charge is 0.396 e. The molecule has 29 heavy (non-hydrogen) atoms. The predicted molar refractivity (Wildman–Crippen MR) is 120 cm³/mol. The summed E-state index contributed by atoms with van der Waals surface area (Å²) >= 11 is 6.04. The minimum absolute atomic E-state index is 0.269. The van der Waals surface area contributed by atoms with Crippen LogP contribution in [0.2, 0.25) is 5.02 Å². The van der Waals surface area contributed by atoms with Crippen molar-refractivity contribution in [3.8, 4) is 0 Å². The van der Waals surface area contributed by atoms with Gasteiger partial charge in [-0.2, -0.15) is 4.98 Å². The molecule has 7 nitrogen and oxygen atoms in total. The Hall–Kier alpha value is -2.64. The maximum absolute atomic E-state index is 8.79. The van der Waals surface area contributed by atoms with Gasteiger partial charge in [0.15, 0.2) is 0 Å². The van der Waals surface area contributed by atoms with Crippen molar-refractivity contribution in [3.63, 3.8) is 0 Å². The molecular formula is C21H27ClN6O. The zero-order chi connectivity index (χ0) is 20.3. The summed E-state index contributed by atoms with van der Waals surface area (Å²) in [6.07, 6.45) is 7.57. The van der Waals surface area contributed by atoms with Gasteiger partial charge in [0, 0.05) is 54.7 Å². The number of nitrogens with one attached hydrogen (secondary N) is 3. The maximum Gasteiger partial charge on any atom is 0.224 e. The molecule has 2 aromatic heterocycles. The molecule has 3 aromatic rings. The Morgan fingerprint density at radius 3 is 2.55 bits per heavy atom. The second-order valence-electron chi connectivity index (χ2n) is 6.70. The Morgan fingerprint density at radius 1 is 0.828 bits per heavy atom. The maximum atomic E-state index is 8.79. The van der Waals surface area contributed by atoms with E-state index in [0.717, 1.165) is 67.7 Å². The quantitative estimate of drug-likeness (QED) is 0.330. The molecule has 0 spiro atoms. The summed E-state index contributed by atoms with van der Waals surface area (Å²) < 4.78 is 0. The molecule has 0 saturated carbocycles. The van der Waals surface area contributed by atoms with Crippen LogP contribution < -0.4 is 16.0 Å². The summed E-state index contributed by atoms with van der Waals surface area (Å²) in [7, 11) is 0. The van der Waals surface area contributed by atoms with Gasteiger partial charge in [-0.15, -0.1) is 0 Å². The summed E-state index contributed by atoms with van der Waals surface area (Å²) in [5.41, 5.74) is 1.90. The Balaban J connectivity index is 1.43. The lowest BCUT2D eigenvalue weighted by atomic mass is 10.2. The molecule has 4 N–H and O–H groups in total. The highest BCUT2D eigenvalue weighted by Gasteiger charge is 2.03. The molecule has 0 aliphatic carbocycles. The number of hydrogen-bond acceptors (Lipinski definition) is 7. The number of benzene rings is 1. The van der Waals surface area contributed by atoms with Gasteiger partial charge < -0.3 is 21.1 Å². The van der Waals surface area contributed by atoms with Crippen LogP contribution in [-0.4, -0.2) is 46.3 Å². The highest BCUT2D eigenvalue weighted by molar-refractivity contribution is 6.31. The molecular weight excluding hydrogens is 388 g/mol. The summed E-state index contributed by atoms with van der Waals surface area (Å²) in [5.74, 6) is 1.41. The van der Waals surface area contributed by atoms with Crippen molar-refractivity contribution in [3.05, 3.63) is 47.7 Å². The van der Waals surface area contributed by atoms with Crippen LogP contribution in [0.25, 0.3) is 10.9 Å². The van der Waals surface area contributed by atoms with Gasteiger partial charge in [0.05, 0.1) is 5.52 Å². The topological polar surface area (TPSA) is 95.0 Å². The molecule has 154 valence electrons. The lowest BCUT2D eigenvalue weighted by molar-refractivity contribution is 0.283. The molecule has 0 bridgehead atoms. The highest BCUT2D eigenvalue weighted by atomic mass is 35.5. The zero-order valence-electron chi connectivity index (χ0n) is 16.4. The summed E-state index contributed by atoms with van der Waals surface area (Å²) in [6.45, 7) is 2.55. The molecule has 0 radical (unpaired) electrons. The summed E-state index contributed by atoms with van der Waals surface area (Å²) in [6, 6.07) is 9.53. The predicted octanol–water partition coefficient (Wildman–Crippen LogP) is 4.17.